The molecule has 3 aromatic rings. The van der Waals surface area contributed by atoms with Crippen molar-refractivity contribution in [3.8, 4) is 0 Å². The van der Waals surface area contributed by atoms with Gasteiger partial charge in [0.15, 0.2) is 0 Å². The third-order valence-corrected chi connectivity index (χ3v) is 11.1. The quantitative estimate of drug-likeness (QED) is 0.445. The first kappa shape index (κ1) is 25.1. The fraction of sp³-hybridized carbons (Fsp3) is 0.321. The molecule has 0 aliphatic rings. The number of nitrogens with zero attached hydrogens (tertiary/aromatic N) is 2. The Hall–Kier alpha value is -2.52. The van der Waals surface area contributed by atoms with E-state index in [4.69, 9.17) is 0 Å². The summed E-state index contributed by atoms with van der Waals surface area (Å²) in [6.07, 6.45) is 0. The largest absolute Gasteiger partial charge is 0.343 e. The maximum atomic E-state index is 12.1. The van der Waals surface area contributed by atoms with Crippen LogP contribution >= 0.6 is 7.26 Å². The molecule has 174 valence electrons. The molecule has 1 atom stereocenters. The molecule has 0 saturated carbocycles. The highest BCUT2D eigenvalue weighted by atomic mass is 31.2. The summed E-state index contributed by atoms with van der Waals surface area (Å²) in [6.45, 7) is 5.28. The van der Waals surface area contributed by atoms with Crippen molar-refractivity contribution < 1.29 is 4.79 Å². The predicted molar refractivity (Wildman–Crippen MR) is 144 cm³/mol. The molecule has 1 unspecified atom stereocenters. The topological polar surface area (TPSA) is 35.6 Å². The van der Waals surface area contributed by atoms with Crippen molar-refractivity contribution >= 4 is 29.1 Å². The summed E-state index contributed by atoms with van der Waals surface area (Å²) in [5.74, 6) is 0.124. The molecule has 0 aromatic heterocycles. The predicted octanol–water partition coefficient (Wildman–Crippen LogP) is 2.98. The summed E-state index contributed by atoms with van der Waals surface area (Å²) >= 11 is 0. The average Bonchev–Trinajstić information content (AvgIpc) is 2.85. The van der Waals surface area contributed by atoms with E-state index in [9.17, 15) is 4.79 Å². The highest BCUT2D eigenvalue weighted by Crippen LogP contribution is 2.59. The zero-order valence-corrected chi connectivity index (χ0v) is 21.2. The van der Waals surface area contributed by atoms with Crippen molar-refractivity contribution in [2.75, 3.05) is 47.3 Å². The molecule has 1 N–H and O–H groups in total. The molecule has 0 fully saturated rings. The van der Waals surface area contributed by atoms with E-state index in [1.165, 1.54) is 15.9 Å². The maximum absolute atomic E-state index is 12.1. The Morgan fingerprint density at radius 2 is 1.21 bits per heavy atom. The first-order valence-electron chi connectivity index (χ1n) is 11.6. The monoisotopic (exact) mass is 462 g/mol. The van der Waals surface area contributed by atoms with Gasteiger partial charge < -0.3 is 15.1 Å². The smallest absolute Gasteiger partial charge is 0.236 e. The van der Waals surface area contributed by atoms with Crippen molar-refractivity contribution in [1.29, 1.82) is 0 Å². The van der Waals surface area contributed by atoms with E-state index in [2.05, 4.69) is 115 Å². The molecule has 4 nitrogen and oxygen atoms in total. The van der Waals surface area contributed by atoms with Crippen LogP contribution in [-0.2, 0) is 4.79 Å². The van der Waals surface area contributed by atoms with Crippen molar-refractivity contribution in [3.05, 3.63) is 91.0 Å². The van der Waals surface area contributed by atoms with E-state index >= 15 is 0 Å². The summed E-state index contributed by atoms with van der Waals surface area (Å²) in [5.41, 5.74) is 0.396. The molecule has 0 aliphatic carbocycles. The van der Waals surface area contributed by atoms with Gasteiger partial charge in [-0.1, -0.05) is 54.6 Å². The number of rotatable bonds is 11. The van der Waals surface area contributed by atoms with Gasteiger partial charge in [-0.2, -0.15) is 0 Å². The normalized spacial score (nSPS) is 12.5. The number of hydrogen-bond acceptors (Lipinski definition) is 3. The minimum atomic E-state index is -1.91. The van der Waals surface area contributed by atoms with Gasteiger partial charge in [0.1, 0.15) is 23.2 Å². The highest BCUT2D eigenvalue weighted by Gasteiger charge is 2.50. The Kier molecular flexibility index (Phi) is 9.20. The summed E-state index contributed by atoms with van der Waals surface area (Å²) in [5, 5.41) is 7.16. The van der Waals surface area contributed by atoms with E-state index in [0.717, 1.165) is 19.6 Å². The van der Waals surface area contributed by atoms with Crippen LogP contribution in [0.2, 0.25) is 0 Å². The number of likely N-dealkylation sites (N-methyl/N-ethyl adjacent to an activating group) is 3. The number of nitrogens with one attached hydrogen (secondary N) is 1. The zero-order chi connectivity index (χ0) is 23.7. The van der Waals surface area contributed by atoms with Gasteiger partial charge in [0.05, 0.1) is 12.2 Å². The molecule has 0 aliphatic heterocycles. The van der Waals surface area contributed by atoms with Gasteiger partial charge in [0.25, 0.3) is 0 Å². The molecular formula is C28H37N3OP+. The van der Waals surface area contributed by atoms with Crippen LogP contribution in [-0.4, -0.2) is 68.7 Å². The lowest BCUT2D eigenvalue weighted by Gasteiger charge is -2.35. The van der Waals surface area contributed by atoms with E-state index in [1.807, 2.05) is 11.9 Å². The molecule has 3 rings (SSSR count). The minimum Gasteiger partial charge on any atom is -0.343 e. The van der Waals surface area contributed by atoms with Gasteiger partial charge in [0, 0.05) is 26.7 Å². The summed E-state index contributed by atoms with van der Waals surface area (Å²) in [7, 11) is 3.95. The van der Waals surface area contributed by atoms with E-state index in [0.29, 0.717) is 12.2 Å². The average molecular weight is 463 g/mol. The Bertz CT molecular complexity index is 885. The molecule has 0 heterocycles. The van der Waals surface area contributed by atoms with Crippen LogP contribution in [0.25, 0.3) is 0 Å². The molecule has 5 heteroatoms. The third-order valence-electron chi connectivity index (χ3n) is 6.30. The zero-order valence-electron chi connectivity index (χ0n) is 20.3. The van der Waals surface area contributed by atoms with Gasteiger partial charge in [0.2, 0.25) is 5.91 Å². The van der Waals surface area contributed by atoms with E-state index in [-0.39, 0.29) is 5.91 Å². The summed E-state index contributed by atoms with van der Waals surface area (Å²) in [4.78, 5) is 16.3. The SMILES string of the molecule is CNCC(=O)N(C)CCN(C)CC(C)[P+](c1ccccc1)(c1ccccc1)c1ccccc1. The fourth-order valence-electron chi connectivity index (χ4n) is 4.60. The van der Waals surface area contributed by atoms with Crippen molar-refractivity contribution in [3.63, 3.8) is 0 Å². The minimum absolute atomic E-state index is 0.124. The van der Waals surface area contributed by atoms with Crippen LogP contribution < -0.4 is 21.2 Å². The van der Waals surface area contributed by atoms with Gasteiger partial charge in [-0.05, 0) is 57.4 Å². The van der Waals surface area contributed by atoms with Crippen LogP contribution in [0.5, 0.6) is 0 Å². The van der Waals surface area contributed by atoms with Gasteiger partial charge in [-0.3, -0.25) is 4.79 Å². The number of carbonyl (C=O) groups is 1. The summed E-state index contributed by atoms with van der Waals surface area (Å²) < 4.78 is 0. The van der Waals surface area contributed by atoms with Gasteiger partial charge in [-0.25, -0.2) is 0 Å². The van der Waals surface area contributed by atoms with Crippen LogP contribution in [0.1, 0.15) is 6.92 Å². The van der Waals surface area contributed by atoms with Crippen molar-refractivity contribution in [1.82, 2.24) is 15.1 Å². The second-order valence-electron chi connectivity index (χ2n) is 8.69. The molecule has 3 aromatic carbocycles. The molecule has 33 heavy (non-hydrogen) atoms. The van der Waals surface area contributed by atoms with Crippen LogP contribution in [0.15, 0.2) is 91.0 Å². The molecule has 0 bridgehead atoms. The molecule has 0 radical (unpaired) electrons. The maximum Gasteiger partial charge on any atom is 0.236 e. The second-order valence-corrected chi connectivity index (χ2v) is 12.6. The summed E-state index contributed by atoms with van der Waals surface area (Å²) in [6, 6.07) is 33.1. The van der Waals surface area contributed by atoms with Crippen molar-refractivity contribution in [2.24, 2.45) is 0 Å². The first-order valence-corrected chi connectivity index (χ1v) is 13.5. The highest BCUT2D eigenvalue weighted by molar-refractivity contribution is 7.96. The van der Waals surface area contributed by atoms with Crippen LogP contribution in [0.3, 0.4) is 0 Å². The Morgan fingerprint density at radius 3 is 1.61 bits per heavy atom. The number of benzene rings is 3. The van der Waals surface area contributed by atoms with Gasteiger partial charge >= 0.3 is 0 Å². The molecule has 1 amide bonds. The standard InChI is InChI=1S/C28H37N3OP/c1-24(23-30(3)20-21-31(4)28(32)22-29-2)33(25-14-8-5-9-15-25,26-16-10-6-11-17-26)27-18-12-7-13-19-27/h5-19,24,29H,20-23H2,1-4H3/q+1. The Labute approximate surface area is 200 Å². The molecule has 0 saturated heterocycles. The van der Waals surface area contributed by atoms with E-state index in [1.54, 1.807) is 7.05 Å². The lowest BCUT2D eigenvalue weighted by molar-refractivity contribution is -0.129. The second kappa shape index (κ2) is 12.1. The number of carbonyl (C=O) groups excluding carboxylic acids is 1. The van der Waals surface area contributed by atoms with Crippen LogP contribution in [0.4, 0.5) is 0 Å². The van der Waals surface area contributed by atoms with Crippen molar-refractivity contribution in [2.45, 2.75) is 12.6 Å². The lowest BCUT2D eigenvalue weighted by Crippen LogP contribution is -2.44. The lowest BCUT2D eigenvalue weighted by atomic mass is 10.3. The number of amides is 1. The first-order chi connectivity index (χ1) is 16.0. The van der Waals surface area contributed by atoms with Gasteiger partial charge in [-0.15, -0.1) is 0 Å². The number of hydrogen-bond donors (Lipinski definition) is 1. The fourth-order valence-corrected chi connectivity index (χ4v) is 9.47. The third kappa shape index (κ3) is 5.89. The van der Waals surface area contributed by atoms with E-state index < -0.39 is 7.26 Å². The van der Waals surface area contributed by atoms with Crippen LogP contribution in [0, 0.1) is 0 Å². The Balaban J connectivity index is 1.95. The molecule has 0 spiro atoms. The molecular weight excluding hydrogens is 425 g/mol. The Morgan fingerprint density at radius 1 is 0.788 bits per heavy atom.